The first-order valence-electron chi connectivity index (χ1n) is 8.34. The van der Waals surface area contributed by atoms with E-state index >= 15 is 0 Å². The number of benzene rings is 1. The lowest BCUT2D eigenvalue weighted by molar-refractivity contribution is -0.385. The van der Waals surface area contributed by atoms with Crippen LogP contribution < -0.4 is 0 Å². The number of esters is 1. The van der Waals surface area contributed by atoms with Gasteiger partial charge >= 0.3 is 12.1 Å². The van der Waals surface area contributed by atoms with Gasteiger partial charge in [0, 0.05) is 12.5 Å². The molecule has 0 heterocycles. The van der Waals surface area contributed by atoms with Crippen LogP contribution in [0.4, 0.5) is 18.9 Å². The normalized spacial score (nSPS) is 13.0. The van der Waals surface area contributed by atoms with Gasteiger partial charge in [-0.2, -0.15) is 13.2 Å². The number of nitro groups is 1. The van der Waals surface area contributed by atoms with Crippen LogP contribution in [0.2, 0.25) is 0 Å². The number of ketones is 2. The zero-order valence-corrected chi connectivity index (χ0v) is 15.8. The Labute approximate surface area is 159 Å². The van der Waals surface area contributed by atoms with Crippen molar-refractivity contribution in [2.24, 2.45) is 5.92 Å². The summed E-state index contributed by atoms with van der Waals surface area (Å²) in [4.78, 5) is 47.5. The van der Waals surface area contributed by atoms with Crippen LogP contribution >= 0.6 is 0 Å². The van der Waals surface area contributed by atoms with Gasteiger partial charge in [0.25, 0.3) is 5.69 Å². The molecule has 0 saturated heterocycles. The van der Waals surface area contributed by atoms with Gasteiger partial charge in [-0.15, -0.1) is 0 Å². The molecule has 0 aliphatic carbocycles. The Kier molecular flexibility index (Phi) is 7.05. The molecule has 1 unspecified atom stereocenters. The number of halogens is 3. The Balaban J connectivity index is 3.48. The van der Waals surface area contributed by atoms with Gasteiger partial charge in [-0.1, -0.05) is 6.92 Å². The second kappa shape index (κ2) is 8.49. The third-order valence-electron chi connectivity index (χ3n) is 3.51. The summed E-state index contributed by atoms with van der Waals surface area (Å²) < 4.78 is 43.5. The molecule has 1 aromatic rings. The van der Waals surface area contributed by atoms with Gasteiger partial charge in [0.1, 0.15) is 5.60 Å². The van der Waals surface area contributed by atoms with E-state index in [1.165, 1.54) is 20.8 Å². The highest BCUT2D eigenvalue weighted by Crippen LogP contribution is 2.34. The molecule has 10 heteroatoms. The zero-order chi connectivity index (χ0) is 21.9. The molecule has 154 valence electrons. The molecular formula is C18H20F3NO6. The first-order valence-corrected chi connectivity index (χ1v) is 8.34. The molecule has 1 rings (SSSR count). The second-order valence-electron chi connectivity index (χ2n) is 7.03. The summed E-state index contributed by atoms with van der Waals surface area (Å²) in [7, 11) is 0. The minimum atomic E-state index is -4.87. The molecule has 0 radical (unpaired) electrons. The van der Waals surface area contributed by atoms with Crippen LogP contribution in [0.1, 0.15) is 56.5 Å². The van der Waals surface area contributed by atoms with E-state index in [4.69, 9.17) is 4.74 Å². The van der Waals surface area contributed by atoms with Crippen LogP contribution in [0.15, 0.2) is 18.2 Å². The van der Waals surface area contributed by atoms with Gasteiger partial charge in [-0.05, 0) is 39.3 Å². The number of ether oxygens (including phenoxy) is 1. The van der Waals surface area contributed by atoms with Crippen LogP contribution in [-0.4, -0.2) is 28.1 Å². The molecular weight excluding hydrogens is 383 g/mol. The molecule has 0 aliphatic rings. The Morgan fingerprint density at radius 2 is 1.75 bits per heavy atom. The van der Waals surface area contributed by atoms with Crippen molar-refractivity contribution in [3.05, 3.63) is 39.4 Å². The van der Waals surface area contributed by atoms with Crippen molar-refractivity contribution in [2.45, 2.75) is 52.3 Å². The lowest BCUT2D eigenvalue weighted by Crippen LogP contribution is -2.37. The summed E-state index contributed by atoms with van der Waals surface area (Å²) in [5, 5.41) is 11.2. The number of alkyl halides is 3. The Morgan fingerprint density at radius 1 is 1.18 bits per heavy atom. The van der Waals surface area contributed by atoms with Gasteiger partial charge in [0.15, 0.2) is 17.5 Å². The second-order valence-corrected chi connectivity index (χ2v) is 7.03. The molecule has 7 nitrogen and oxygen atoms in total. The fourth-order valence-corrected chi connectivity index (χ4v) is 2.36. The van der Waals surface area contributed by atoms with E-state index in [1.807, 2.05) is 0 Å². The molecule has 0 saturated carbocycles. The Hall–Kier alpha value is -2.78. The van der Waals surface area contributed by atoms with E-state index in [2.05, 4.69) is 0 Å². The van der Waals surface area contributed by atoms with Crippen molar-refractivity contribution in [3.63, 3.8) is 0 Å². The molecule has 1 atom stereocenters. The average molecular weight is 403 g/mol. The number of rotatable bonds is 7. The standard InChI is InChI=1S/C18H20F3NO6/c1-5-6-13(23)14(16(25)28-17(2,3)4)15(24)11-8-7-10(18(19,20)21)9-12(11)22(26)27/h7-9,14H,5-6H2,1-4H3. The van der Waals surface area contributed by atoms with Crippen molar-refractivity contribution in [1.29, 1.82) is 0 Å². The molecule has 0 N–H and O–H groups in total. The van der Waals surface area contributed by atoms with Crippen LogP contribution in [0, 0.1) is 16.0 Å². The molecule has 0 amide bonds. The maximum atomic E-state index is 12.8. The molecule has 1 aromatic carbocycles. The third-order valence-corrected chi connectivity index (χ3v) is 3.51. The fourth-order valence-electron chi connectivity index (χ4n) is 2.36. The molecule has 28 heavy (non-hydrogen) atoms. The predicted molar refractivity (Wildman–Crippen MR) is 91.7 cm³/mol. The number of nitro benzene ring substituents is 1. The number of nitrogens with zero attached hydrogens (tertiary/aromatic N) is 1. The highest BCUT2D eigenvalue weighted by atomic mass is 19.4. The van der Waals surface area contributed by atoms with Gasteiger partial charge in [-0.3, -0.25) is 24.5 Å². The van der Waals surface area contributed by atoms with E-state index in [1.54, 1.807) is 6.92 Å². The SMILES string of the molecule is CCCC(=O)C(C(=O)OC(C)(C)C)C(=O)c1ccc(C(F)(F)F)cc1[N+](=O)[O-]. The summed E-state index contributed by atoms with van der Waals surface area (Å²) in [5.41, 5.74) is -4.28. The van der Waals surface area contributed by atoms with Gasteiger partial charge in [0.2, 0.25) is 0 Å². The first kappa shape index (κ1) is 23.3. The minimum absolute atomic E-state index is 0.177. The lowest BCUT2D eigenvalue weighted by Gasteiger charge is -2.23. The maximum Gasteiger partial charge on any atom is 0.416 e. The number of hydrogen-bond donors (Lipinski definition) is 0. The molecule has 0 bridgehead atoms. The topological polar surface area (TPSA) is 104 Å². The van der Waals surface area contributed by atoms with Crippen LogP contribution in [0.25, 0.3) is 0 Å². The van der Waals surface area contributed by atoms with E-state index in [0.717, 1.165) is 0 Å². The monoisotopic (exact) mass is 403 g/mol. The minimum Gasteiger partial charge on any atom is -0.459 e. The molecule has 0 spiro atoms. The average Bonchev–Trinajstić information content (AvgIpc) is 2.51. The summed E-state index contributed by atoms with van der Waals surface area (Å²) >= 11 is 0. The van der Waals surface area contributed by atoms with Crippen molar-refractivity contribution in [3.8, 4) is 0 Å². The van der Waals surface area contributed by atoms with Crippen molar-refractivity contribution < 1.29 is 37.2 Å². The first-order chi connectivity index (χ1) is 12.7. The van der Waals surface area contributed by atoms with E-state index in [9.17, 15) is 37.7 Å². The Morgan fingerprint density at radius 3 is 2.18 bits per heavy atom. The maximum absolute atomic E-state index is 12.8. The van der Waals surface area contributed by atoms with Crippen molar-refractivity contribution in [1.82, 2.24) is 0 Å². The summed E-state index contributed by atoms with van der Waals surface area (Å²) in [5.74, 6) is -5.29. The highest BCUT2D eigenvalue weighted by molar-refractivity contribution is 6.23. The number of carbonyl (C=O) groups excluding carboxylic acids is 3. The van der Waals surface area contributed by atoms with E-state index in [0.29, 0.717) is 18.6 Å². The van der Waals surface area contributed by atoms with Gasteiger partial charge in [0.05, 0.1) is 16.1 Å². The van der Waals surface area contributed by atoms with Gasteiger partial charge in [-0.25, -0.2) is 0 Å². The van der Waals surface area contributed by atoms with Gasteiger partial charge < -0.3 is 4.74 Å². The molecule has 0 fully saturated rings. The third kappa shape index (κ3) is 5.86. The smallest absolute Gasteiger partial charge is 0.416 e. The zero-order valence-electron chi connectivity index (χ0n) is 15.8. The summed E-state index contributed by atoms with van der Waals surface area (Å²) in [6, 6.07) is 1.28. The number of Topliss-reactive ketones (excluding diaryl/α,β-unsaturated/α-hetero) is 2. The molecule has 0 aliphatic heterocycles. The lowest BCUT2D eigenvalue weighted by atomic mass is 9.90. The van der Waals surface area contributed by atoms with E-state index < -0.39 is 57.0 Å². The van der Waals surface area contributed by atoms with E-state index in [-0.39, 0.29) is 12.5 Å². The largest absolute Gasteiger partial charge is 0.459 e. The van der Waals surface area contributed by atoms with Crippen LogP contribution in [0.3, 0.4) is 0 Å². The van der Waals surface area contributed by atoms with Crippen LogP contribution in [0.5, 0.6) is 0 Å². The predicted octanol–water partition coefficient (Wildman–Crippen LogP) is 4.12. The van der Waals surface area contributed by atoms with Crippen molar-refractivity contribution >= 4 is 23.2 Å². The number of hydrogen-bond acceptors (Lipinski definition) is 6. The fraction of sp³-hybridized carbons (Fsp3) is 0.500. The summed E-state index contributed by atoms with van der Waals surface area (Å²) in [6.07, 6.45) is -4.75. The quantitative estimate of drug-likeness (QED) is 0.223. The summed E-state index contributed by atoms with van der Waals surface area (Å²) in [6.45, 7) is 6.11. The highest BCUT2D eigenvalue weighted by Gasteiger charge is 2.41. The molecule has 0 aromatic heterocycles. The number of carbonyl (C=O) groups is 3. The van der Waals surface area contributed by atoms with Crippen molar-refractivity contribution in [2.75, 3.05) is 0 Å². The van der Waals surface area contributed by atoms with Crippen LogP contribution in [-0.2, 0) is 20.5 Å². The Bertz CT molecular complexity index is 795.